The van der Waals surface area contributed by atoms with E-state index in [0.717, 1.165) is 55.0 Å². The quantitative estimate of drug-likeness (QED) is 0.273. The molecule has 12 nitrogen and oxygen atoms in total. The fraction of sp³-hybridized carbons (Fsp3) is 0.455. The van der Waals surface area contributed by atoms with Crippen molar-refractivity contribution >= 4 is 55.6 Å². The SMILES string of the molecule is CN1CCN(C2CCN(c3ccc(Nc4nc(Nc5cccc6c5N(S(C)(=O)=O)CC6)c5cc[nH]c5n4)c4c3CCO4)CC2)CC1. The van der Waals surface area contributed by atoms with Crippen LogP contribution in [0.2, 0.25) is 0 Å². The first kappa shape index (κ1) is 29.3. The molecule has 0 saturated carbocycles. The van der Waals surface area contributed by atoms with Crippen molar-refractivity contribution in [1.82, 2.24) is 24.8 Å². The first-order valence-corrected chi connectivity index (χ1v) is 18.1. The fourth-order valence-electron chi connectivity index (χ4n) is 7.53. The van der Waals surface area contributed by atoms with E-state index in [-0.39, 0.29) is 0 Å². The van der Waals surface area contributed by atoms with Crippen molar-refractivity contribution in [1.29, 1.82) is 0 Å². The Morgan fingerprint density at radius 3 is 2.54 bits per heavy atom. The highest BCUT2D eigenvalue weighted by atomic mass is 32.2. The number of piperidine rings is 1. The topological polar surface area (TPSA) is 122 Å². The van der Waals surface area contributed by atoms with Gasteiger partial charge in [-0.1, -0.05) is 12.1 Å². The number of aromatic amines is 1. The summed E-state index contributed by atoms with van der Waals surface area (Å²) < 4.78 is 32.8. The predicted octanol–water partition coefficient (Wildman–Crippen LogP) is 3.92. The molecule has 2 aromatic heterocycles. The van der Waals surface area contributed by atoms with Crippen LogP contribution in [0.4, 0.5) is 34.5 Å². The van der Waals surface area contributed by atoms with E-state index < -0.39 is 10.0 Å². The second kappa shape index (κ2) is 11.6. The fourth-order valence-corrected chi connectivity index (χ4v) is 8.50. The van der Waals surface area contributed by atoms with Crippen LogP contribution >= 0.6 is 0 Å². The van der Waals surface area contributed by atoms with Crippen LogP contribution in [0.1, 0.15) is 24.0 Å². The Hall–Kier alpha value is -4.07. The molecular formula is C33H41N9O3S. The summed E-state index contributed by atoms with van der Waals surface area (Å²) >= 11 is 0. The third-order valence-corrected chi connectivity index (χ3v) is 11.1. The van der Waals surface area contributed by atoms with Crippen LogP contribution in [0.25, 0.3) is 11.0 Å². The van der Waals surface area contributed by atoms with E-state index in [2.05, 4.69) is 49.5 Å². The Morgan fingerprint density at radius 1 is 0.913 bits per heavy atom. The van der Waals surface area contributed by atoms with Crippen LogP contribution < -0.4 is 24.6 Å². The lowest BCUT2D eigenvalue weighted by molar-refractivity contribution is 0.0982. The number of H-pyrrole nitrogens is 1. The molecule has 13 heteroatoms. The maximum atomic E-state index is 12.6. The third-order valence-electron chi connectivity index (χ3n) is 9.96. The Balaban J connectivity index is 1.04. The van der Waals surface area contributed by atoms with Crippen molar-refractivity contribution in [2.45, 2.75) is 31.7 Å². The molecule has 0 atom stereocenters. The van der Waals surface area contributed by atoms with E-state index in [9.17, 15) is 8.42 Å². The molecule has 0 aliphatic carbocycles. The molecule has 6 heterocycles. The summed E-state index contributed by atoms with van der Waals surface area (Å²) in [6.07, 6.45) is 6.99. The minimum absolute atomic E-state index is 0.420. The van der Waals surface area contributed by atoms with Gasteiger partial charge in [-0.25, -0.2) is 8.42 Å². The van der Waals surface area contributed by atoms with Gasteiger partial charge in [-0.2, -0.15) is 9.97 Å². The van der Waals surface area contributed by atoms with Crippen molar-refractivity contribution in [3.05, 3.63) is 53.7 Å². The molecule has 2 fully saturated rings. The van der Waals surface area contributed by atoms with Crippen molar-refractivity contribution in [3.8, 4) is 5.75 Å². The lowest BCUT2D eigenvalue weighted by Crippen LogP contribution is -2.52. The maximum absolute atomic E-state index is 12.6. The van der Waals surface area contributed by atoms with Crippen LogP contribution in [0, 0.1) is 0 Å². The van der Waals surface area contributed by atoms with Gasteiger partial charge in [0.05, 0.1) is 35.3 Å². The lowest BCUT2D eigenvalue weighted by Gasteiger charge is -2.43. The van der Waals surface area contributed by atoms with Gasteiger partial charge in [0.15, 0.2) is 0 Å². The molecule has 0 unspecified atom stereocenters. The van der Waals surface area contributed by atoms with Gasteiger partial charge in [-0.15, -0.1) is 0 Å². The Labute approximate surface area is 269 Å². The molecule has 4 aliphatic heterocycles. The molecule has 0 spiro atoms. The van der Waals surface area contributed by atoms with E-state index in [0.29, 0.717) is 54.4 Å². The normalized spacial score (nSPS) is 19.3. The highest BCUT2D eigenvalue weighted by Gasteiger charge is 2.31. The highest BCUT2D eigenvalue weighted by Crippen LogP contribution is 2.43. The first-order chi connectivity index (χ1) is 22.3. The molecule has 3 N–H and O–H groups in total. The Bertz CT molecular complexity index is 1880. The number of aromatic nitrogens is 3. The zero-order chi connectivity index (χ0) is 31.4. The minimum atomic E-state index is -3.42. The number of hydrogen-bond acceptors (Lipinski definition) is 10. The number of nitrogens with one attached hydrogen (secondary N) is 3. The van der Waals surface area contributed by atoms with Crippen LogP contribution in [0.3, 0.4) is 0 Å². The number of para-hydroxylation sites is 1. The van der Waals surface area contributed by atoms with Crippen LogP contribution in [-0.4, -0.2) is 105 Å². The summed E-state index contributed by atoms with van der Waals surface area (Å²) in [5.74, 6) is 1.87. The summed E-state index contributed by atoms with van der Waals surface area (Å²) in [7, 11) is -1.20. The average molecular weight is 644 g/mol. The molecule has 0 amide bonds. The molecular weight excluding hydrogens is 602 g/mol. The predicted molar refractivity (Wildman–Crippen MR) is 183 cm³/mol. The Morgan fingerprint density at radius 2 is 1.74 bits per heavy atom. The molecule has 46 heavy (non-hydrogen) atoms. The van der Waals surface area contributed by atoms with Crippen molar-refractivity contribution in [2.75, 3.05) is 85.6 Å². The number of sulfonamides is 1. The molecule has 2 saturated heterocycles. The minimum Gasteiger partial charge on any atom is -0.491 e. The van der Waals surface area contributed by atoms with Gasteiger partial charge in [-0.3, -0.25) is 9.21 Å². The first-order valence-electron chi connectivity index (χ1n) is 16.3. The summed E-state index contributed by atoms with van der Waals surface area (Å²) in [6.45, 7) is 7.85. The van der Waals surface area contributed by atoms with Gasteiger partial charge >= 0.3 is 0 Å². The molecule has 4 aliphatic rings. The standard InChI is InChI=1S/C33H41N9O3S/c1-39-17-19-40(20-18-39)23-10-14-41(15-11-23)28-7-6-27(30-24(28)12-21-45-30)36-33-37-31-25(8-13-34-31)32(38-33)35-26-5-3-4-22-9-16-42(29(22)26)46(2,43)44/h3-8,13,23H,9-12,14-21H2,1-2H3,(H3,34,35,36,37,38). The van der Waals surface area contributed by atoms with E-state index in [1.807, 2.05) is 30.5 Å². The average Bonchev–Trinajstić information content (AvgIpc) is 3.82. The zero-order valence-electron chi connectivity index (χ0n) is 26.4. The van der Waals surface area contributed by atoms with Crippen LogP contribution in [-0.2, 0) is 22.9 Å². The van der Waals surface area contributed by atoms with Gasteiger partial charge in [0, 0.05) is 75.7 Å². The van der Waals surface area contributed by atoms with Crippen molar-refractivity contribution in [2.24, 2.45) is 0 Å². The zero-order valence-corrected chi connectivity index (χ0v) is 27.2. The number of fused-ring (bicyclic) bond motifs is 3. The van der Waals surface area contributed by atoms with E-state index in [4.69, 9.17) is 14.7 Å². The molecule has 2 aromatic carbocycles. The van der Waals surface area contributed by atoms with Crippen LogP contribution in [0.5, 0.6) is 5.75 Å². The number of piperazine rings is 1. The number of likely N-dealkylation sites (N-methyl/N-ethyl adjacent to an activating group) is 1. The van der Waals surface area contributed by atoms with Crippen molar-refractivity contribution in [3.63, 3.8) is 0 Å². The smallest absolute Gasteiger partial charge is 0.232 e. The molecule has 8 rings (SSSR count). The van der Waals surface area contributed by atoms with Gasteiger partial charge < -0.3 is 30.2 Å². The summed E-state index contributed by atoms with van der Waals surface area (Å²) in [6, 6.07) is 12.7. The second-order valence-corrected chi connectivity index (χ2v) is 14.8. The summed E-state index contributed by atoms with van der Waals surface area (Å²) in [4.78, 5) is 20.5. The van der Waals surface area contributed by atoms with Gasteiger partial charge in [-0.05, 0) is 56.1 Å². The summed E-state index contributed by atoms with van der Waals surface area (Å²) in [5.41, 5.74) is 6.38. The number of anilines is 6. The molecule has 0 radical (unpaired) electrons. The Kier molecular flexibility index (Phi) is 7.41. The van der Waals surface area contributed by atoms with Gasteiger partial charge in [0.2, 0.25) is 16.0 Å². The van der Waals surface area contributed by atoms with E-state index in [1.54, 1.807) is 0 Å². The van der Waals surface area contributed by atoms with Gasteiger partial charge in [0.1, 0.15) is 17.2 Å². The highest BCUT2D eigenvalue weighted by molar-refractivity contribution is 7.92. The van der Waals surface area contributed by atoms with E-state index in [1.165, 1.54) is 47.7 Å². The number of ether oxygens (including phenoxy) is 1. The third kappa shape index (κ3) is 5.39. The van der Waals surface area contributed by atoms with E-state index >= 15 is 0 Å². The molecule has 0 bridgehead atoms. The van der Waals surface area contributed by atoms with Crippen LogP contribution in [0.15, 0.2) is 42.6 Å². The largest absolute Gasteiger partial charge is 0.491 e. The number of hydrogen-bond donors (Lipinski definition) is 3. The number of rotatable bonds is 7. The lowest BCUT2D eigenvalue weighted by atomic mass is 9.99. The van der Waals surface area contributed by atoms with Crippen molar-refractivity contribution < 1.29 is 13.2 Å². The monoisotopic (exact) mass is 643 g/mol. The second-order valence-electron chi connectivity index (χ2n) is 12.9. The maximum Gasteiger partial charge on any atom is 0.232 e. The molecule has 4 aromatic rings. The number of nitrogens with zero attached hydrogens (tertiary/aromatic N) is 6. The number of benzene rings is 2. The summed E-state index contributed by atoms with van der Waals surface area (Å²) in [5, 5.41) is 7.68. The van der Waals surface area contributed by atoms with Gasteiger partial charge in [0.25, 0.3) is 0 Å². The molecule has 242 valence electrons.